The molecular weight excluding hydrogens is 231 g/mol. The lowest BCUT2D eigenvalue weighted by Crippen LogP contribution is -2.33. The van der Waals surface area contributed by atoms with E-state index in [0.717, 1.165) is 12.1 Å². The Labute approximate surface area is 96.3 Å². The minimum atomic E-state index is -0.954. The summed E-state index contributed by atoms with van der Waals surface area (Å²) in [5.74, 6) is -1.58. The normalized spacial score (nSPS) is 11.9. The van der Waals surface area contributed by atoms with Crippen LogP contribution >= 0.6 is 0 Å². The molecule has 0 radical (unpaired) electrons. The molecule has 0 saturated carbocycles. The number of nitrogens with zero attached hydrogens (tertiary/aromatic N) is 1. The van der Waals surface area contributed by atoms with E-state index in [-0.39, 0.29) is 6.42 Å². The predicted octanol–water partition coefficient (Wildman–Crippen LogP) is 0.777. The second kappa shape index (κ2) is 5.35. The number of rotatable bonds is 4. The van der Waals surface area contributed by atoms with Crippen molar-refractivity contribution in [1.29, 1.82) is 0 Å². The Morgan fingerprint density at radius 3 is 2.76 bits per heavy atom. The summed E-state index contributed by atoms with van der Waals surface area (Å²) in [7, 11) is 1.19. The average molecular weight is 242 g/mol. The summed E-state index contributed by atoms with van der Waals surface area (Å²) < 4.78 is 17.6. The summed E-state index contributed by atoms with van der Waals surface area (Å²) in [4.78, 5) is 20.6. The molecule has 0 aliphatic carbocycles. The molecule has 1 aromatic rings. The van der Waals surface area contributed by atoms with E-state index >= 15 is 0 Å². The first-order valence-electron chi connectivity index (χ1n) is 4.72. The summed E-state index contributed by atoms with van der Waals surface area (Å²) in [5, 5.41) is 10.4. The molecule has 0 aliphatic heterocycles. The van der Waals surface area contributed by atoms with Crippen LogP contribution in [0.1, 0.15) is 5.56 Å². The predicted molar refractivity (Wildman–Crippen MR) is 56.7 cm³/mol. The van der Waals surface area contributed by atoms with E-state index in [0.29, 0.717) is 5.56 Å². The van der Waals surface area contributed by atoms with Gasteiger partial charge in [-0.3, -0.25) is 14.9 Å². The maximum absolute atomic E-state index is 13.2. The Balaban J connectivity index is 2.84. The highest BCUT2D eigenvalue weighted by molar-refractivity contribution is 5.75. The number of hydrogen-bond acceptors (Lipinski definition) is 5. The molecular formula is C10H11FN2O4. The monoisotopic (exact) mass is 242 g/mol. The van der Waals surface area contributed by atoms with Crippen LogP contribution in [0.3, 0.4) is 0 Å². The van der Waals surface area contributed by atoms with Crippen LogP contribution in [0, 0.1) is 15.9 Å². The van der Waals surface area contributed by atoms with Crippen LogP contribution in [0.5, 0.6) is 0 Å². The molecule has 0 aliphatic rings. The van der Waals surface area contributed by atoms with E-state index in [1.54, 1.807) is 0 Å². The third-order valence-electron chi connectivity index (χ3n) is 2.17. The number of benzene rings is 1. The molecule has 17 heavy (non-hydrogen) atoms. The van der Waals surface area contributed by atoms with Gasteiger partial charge >= 0.3 is 11.7 Å². The van der Waals surface area contributed by atoms with Crippen LogP contribution in [0.2, 0.25) is 0 Å². The van der Waals surface area contributed by atoms with E-state index < -0.39 is 28.4 Å². The third kappa shape index (κ3) is 3.22. The van der Waals surface area contributed by atoms with E-state index in [4.69, 9.17) is 5.73 Å². The van der Waals surface area contributed by atoms with Crippen LogP contribution in [0.15, 0.2) is 18.2 Å². The molecule has 7 heteroatoms. The summed E-state index contributed by atoms with van der Waals surface area (Å²) in [6.07, 6.45) is 0.0571. The molecule has 0 spiro atoms. The third-order valence-corrected chi connectivity index (χ3v) is 2.17. The maximum Gasteiger partial charge on any atom is 0.322 e. The van der Waals surface area contributed by atoms with Gasteiger partial charge in [0.25, 0.3) is 0 Å². The van der Waals surface area contributed by atoms with Gasteiger partial charge in [0, 0.05) is 6.07 Å². The Bertz CT molecular complexity index is 450. The Morgan fingerprint density at radius 2 is 2.29 bits per heavy atom. The molecule has 1 atom stereocenters. The number of esters is 1. The Morgan fingerprint density at radius 1 is 1.65 bits per heavy atom. The first kappa shape index (κ1) is 13.0. The average Bonchev–Trinajstić information content (AvgIpc) is 2.27. The SMILES string of the molecule is COC(=O)[C@H](N)Cc1ccc([N+](=O)[O-])c(F)c1. The largest absolute Gasteiger partial charge is 0.468 e. The van der Waals surface area contributed by atoms with E-state index in [1.165, 1.54) is 13.2 Å². The molecule has 2 N–H and O–H groups in total. The molecule has 1 rings (SSSR count). The Hall–Kier alpha value is -2.02. The smallest absolute Gasteiger partial charge is 0.322 e. The number of nitro benzene ring substituents is 1. The van der Waals surface area contributed by atoms with Gasteiger partial charge in [-0.05, 0) is 18.1 Å². The first-order chi connectivity index (χ1) is 7.95. The van der Waals surface area contributed by atoms with Crippen molar-refractivity contribution in [2.45, 2.75) is 12.5 Å². The molecule has 0 amide bonds. The molecule has 92 valence electrons. The van der Waals surface area contributed by atoms with Gasteiger partial charge in [-0.25, -0.2) is 0 Å². The lowest BCUT2D eigenvalue weighted by molar-refractivity contribution is -0.387. The first-order valence-corrected chi connectivity index (χ1v) is 4.72. The number of halogens is 1. The van der Waals surface area contributed by atoms with Crippen molar-refractivity contribution in [2.75, 3.05) is 7.11 Å². The molecule has 1 aromatic carbocycles. The van der Waals surface area contributed by atoms with Gasteiger partial charge in [-0.2, -0.15) is 4.39 Å². The number of carbonyl (C=O) groups is 1. The number of hydrogen-bond donors (Lipinski definition) is 1. The van der Waals surface area contributed by atoms with Crippen molar-refractivity contribution in [3.05, 3.63) is 39.7 Å². The summed E-state index contributed by atoms with van der Waals surface area (Å²) in [5.41, 5.74) is 5.26. The van der Waals surface area contributed by atoms with Gasteiger partial charge in [0.05, 0.1) is 12.0 Å². The van der Waals surface area contributed by atoms with Crippen LogP contribution in [0.25, 0.3) is 0 Å². The molecule has 0 saturated heterocycles. The number of methoxy groups -OCH3 is 1. The molecule has 0 fully saturated rings. The lowest BCUT2D eigenvalue weighted by Gasteiger charge is -2.08. The van der Waals surface area contributed by atoms with Crippen molar-refractivity contribution in [3.63, 3.8) is 0 Å². The van der Waals surface area contributed by atoms with Crippen LogP contribution < -0.4 is 5.73 Å². The summed E-state index contributed by atoms with van der Waals surface area (Å²) in [6.45, 7) is 0. The maximum atomic E-state index is 13.2. The topological polar surface area (TPSA) is 95.5 Å². The Kier molecular flexibility index (Phi) is 4.11. The van der Waals surface area contributed by atoms with Gasteiger partial charge in [0.15, 0.2) is 0 Å². The van der Waals surface area contributed by atoms with E-state index in [9.17, 15) is 19.3 Å². The standard InChI is InChI=1S/C10H11FN2O4/c1-17-10(14)8(12)5-6-2-3-9(13(15)16)7(11)4-6/h2-4,8H,5,12H2,1H3/t8-/m1/s1. The van der Waals surface area contributed by atoms with E-state index in [2.05, 4.69) is 4.74 Å². The van der Waals surface area contributed by atoms with Crippen molar-refractivity contribution in [1.82, 2.24) is 0 Å². The highest BCUT2D eigenvalue weighted by atomic mass is 19.1. The van der Waals surface area contributed by atoms with Crippen molar-refractivity contribution in [3.8, 4) is 0 Å². The van der Waals surface area contributed by atoms with Crippen molar-refractivity contribution < 1.29 is 18.8 Å². The van der Waals surface area contributed by atoms with Gasteiger partial charge in [0.1, 0.15) is 6.04 Å². The zero-order chi connectivity index (χ0) is 13.0. The summed E-state index contributed by atoms with van der Waals surface area (Å²) >= 11 is 0. The van der Waals surface area contributed by atoms with E-state index in [1.807, 2.05) is 0 Å². The quantitative estimate of drug-likeness (QED) is 0.478. The minimum absolute atomic E-state index is 0.0571. The fraction of sp³-hybridized carbons (Fsp3) is 0.300. The second-order valence-corrected chi connectivity index (χ2v) is 3.38. The highest BCUT2D eigenvalue weighted by Crippen LogP contribution is 2.18. The van der Waals surface area contributed by atoms with Crippen LogP contribution in [-0.2, 0) is 16.0 Å². The fourth-order valence-electron chi connectivity index (χ4n) is 1.31. The van der Waals surface area contributed by atoms with Crippen molar-refractivity contribution >= 4 is 11.7 Å². The van der Waals surface area contributed by atoms with Gasteiger partial charge in [-0.15, -0.1) is 0 Å². The molecule has 0 heterocycles. The fourth-order valence-corrected chi connectivity index (χ4v) is 1.31. The van der Waals surface area contributed by atoms with Gasteiger partial charge < -0.3 is 10.5 Å². The van der Waals surface area contributed by atoms with Gasteiger partial charge in [-0.1, -0.05) is 6.07 Å². The number of ether oxygens (including phenoxy) is 1. The summed E-state index contributed by atoms with van der Waals surface area (Å²) in [6, 6.07) is 2.46. The molecule has 0 bridgehead atoms. The number of nitro groups is 1. The van der Waals surface area contributed by atoms with Gasteiger partial charge in [0.2, 0.25) is 5.82 Å². The molecule has 6 nitrogen and oxygen atoms in total. The minimum Gasteiger partial charge on any atom is -0.468 e. The highest BCUT2D eigenvalue weighted by Gasteiger charge is 2.18. The van der Waals surface area contributed by atoms with Crippen LogP contribution in [-0.4, -0.2) is 24.0 Å². The lowest BCUT2D eigenvalue weighted by atomic mass is 10.1. The zero-order valence-electron chi connectivity index (χ0n) is 9.05. The number of carbonyl (C=O) groups excluding carboxylic acids is 1. The molecule has 0 unspecified atom stereocenters. The second-order valence-electron chi connectivity index (χ2n) is 3.38. The number of nitrogens with two attached hydrogens (primary N) is 1. The molecule has 0 aromatic heterocycles. The van der Waals surface area contributed by atoms with Crippen LogP contribution in [0.4, 0.5) is 10.1 Å². The zero-order valence-corrected chi connectivity index (χ0v) is 9.05. The van der Waals surface area contributed by atoms with Crippen molar-refractivity contribution in [2.24, 2.45) is 5.73 Å².